The molecule has 0 aliphatic heterocycles. The number of hydrogen-bond donors (Lipinski definition) is 2. The molecule has 9 heteroatoms. The predicted molar refractivity (Wildman–Crippen MR) is 98.8 cm³/mol. The third kappa shape index (κ3) is 4.75. The van der Waals surface area contributed by atoms with E-state index in [1.54, 1.807) is 19.1 Å². The topological polar surface area (TPSA) is 110 Å². The normalized spacial score (nSPS) is 12.0. The Balaban J connectivity index is 2.34. The van der Waals surface area contributed by atoms with Gasteiger partial charge in [0.25, 0.3) is 5.69 Å². The summed E-state index contributed by atoms with van der Waals surface area (Å²) in [4.78, 5) is 23.2. The van der Waals surface area contributed by atoms with Crippen LogP contribution < -0.4 is 5.32 Å². The molecule has 0 unspecified atom stereocenters. The van der Waals surface area contributed by atoms with Gasteiger partial charge in [0.1, 0.15) is 0 Å². The molecule has 2 N–H and O–H groups in total. The van der Waals surface area contributed by atoms with Crippen LogP contribution in [0.25, 0.3) is 0 Å². The zero-order valence-corrected chi connectivity index (χ0v) is 15.7. The zero-order valence-electron chi connectivity index (χ0n) is 14.9. The molecule has 0 aliphatic rings. The molecule has 8 nitrogen and oxygen atoms in total. The zero-order chi connectivity index (χ0) is 19.3. The number of amides is 1. The number of nitro benzene ring substituents is 1. The average molecular weight is 378 g/mol. The number of nitrogens with one attached hydrogen (secondary N) is 1. The van der Waals surface area contributed by atoms with Gasteiger partial charge in [-0.15, -0.1) is 0 Å². The first-order chi connectivity index (χ1) is 12.3. The Kier molecular flexibility index (Phi) is 6.62. The van der Waals surface area contributed by atoms with Crippen LogP contribution in [0.3, 0.4) is 0 Å². The fourth-order valence-corrected chi connectivity index (χ4v) is 3.91. The van der Waals surface area contributed by atoms with Crippen molar-refractivity contribution in [1.29, 1.82) is 0 Å². The molecular weight excluding hydrogens is 356 g/mol. The summed E-state index contributed by atoms with van der Waals surface area (Å²) < 4.78 is 1.83. The Morgan fingerprint density at radius 2 is 2.15 bits per heavy atom. The predicted octanol–water partition coefficient (Wildman–Crippen LogP) is 3.72. The SMILES string of the molecule is CCc1nn(C[C@H](C)NC(=O)O)c(CC)c1Sc1cccc([N+](=O)[O-])c1. The van der Waals surface area contributed by atoms with E-state index in [-0.39, 0.29) is 11.7 Å². The molecule has 140 valence electrons. The molecule has 0 spiro atoms. The van der Waals surface area contributed by atoms with E-state index in [0.29, 0.717) is 6.54 Å². The van der Waals surface area contributed by atoms with Gasteiger partial charge < -0.3 is 10.4 Å². The Hall–Kier alpha value is -2.55. The third-order valence-corrected chi connectivity index (χ3v) is 4.98. The first kappa shape index (κ1) is 19.8. The standard InChI is InChI=1S/C17H22N4O4S/c1-4-14-16(26-13-8-6-7-12(9-13)21(24)25)15(5-2)20(19-14)10-11(3)18-17(22)23/h6-9,11,18H,4-5,10H2,1-3H3,(H,22,23)/t11-/m0/s1. The van der Waals surface area contributed by atoms with Crippen LogP contribution in [0.4, 0.5) is 10.5 Å². The summed E-state index contributed by atoms with van der Waals surface area (Å²) in [5.74, 6) is 0. The molecule has 1 amide bonds. The van der Waals surface area contributed by atoms with Gasteiger partial charge in [0.2, 0.25) is 0 Å². The summed E-state index contributed by atoms with van der Waals surface area (Å²) in [5, 5.41) is 26.9. The van der Waals surface area contributed by atoms with Crippen molar-refractivity contribution in [3.63, 3.8) is 0 Å². The number of carbonyl (C=O) groups is 1. The summed E-state index contributed by atoms with van der Waals surface area (Å²) in [7, 11) is 0. The molecule has 1 heterocycles. The quantitative estimate of drug-likeness (QED) is 0.535. The van der Waals surface area contributed by atoms with Gasteiger partial charge in [-0.1, -0.05) is 31.7 Å². The lowest BCUT2D eigenvalue weighted by atomic mass is 10.2. The van der Waals surface area contributed by atoms with Gasteiger partial charge in [-0.3, -0.25) is 14.8 Å². The Morgan fingerprint density at radius 1 is 1.42 bits per heavy atom. The van der Waals surface area contributed by atoms with Crippen LogP contribution in [-0.4, -0.2) is 31.9 Å². The average Bonchev–Trinajstić information content (AvgIpc) is 2.90. The summed E-state index contributed by atoms with van der Waals surface area (Å²) in [6.07, 6.45) is 0.381. The number of rotatable bonds is 8. The van der Waals surface area contributed by atoms with E-state index >= 15 is 0 Å². The molecule has 2 aromatic rings. The van der Waals surface area contributed by atoms with Gasteiger partial charge in [-0.05, 0) is 25.8 Å². The van der Waals surface area contributed by atoms with Crippen molar-refractivity contribution in [2.24, 2.45) is 0 Å². The Morgan fingerprint density at radius 3 is 2.73 bits per heavy atom. The number of benzene rings is 1. The number of non-ortho nitro benzene ring substituents is 1. The lowest BCUT2D eigenvalue weighted by Gasteiger charge is -2.14. The monoisotopic (exact) mass is 378 g/mol. The maximum absolute atomic E-state index is 11.0. The van der Waals surface area contributed by atoms with E-state index in [1.807, 2.05) is 24.6 Å². The summed E-state index contributed by atoms with van der Waals surface area (Å²) in [6.45, 7) is 6.23. The minimum Gasteiger partial charge on any atom is -0.465 e. The largest absolute Gasteiger partial charge is 0.465 e. The molecule has 0 radical (unpaired) electrons. The molecule has 0 saturated carbocycles. The number of hydrogen-bond acceptors (Lipinski definition) is 5. The second-order valence-electron chi connectivity index (χ2n) is 5.82. The van der Waals surface area contributed by atoms with Crippen molar-refractivity contribution in [3.05, 3.63) is 45.8 Å². The molecule has 1 atom stereocenters. The molecule has 1 aromatic heterocycles. The molecule has 0 saturated heterocycles. The first-order valence-electron chi connectivity index (χ1n) is 8.36. The molecule has 0 aliphatic carbocycles. The van der Waals surface area contributed by atoms with Gasteiger partial charge >= 0.3 is 6.09 Å². The van der Waals surface area contributed by atoms with E-state index in [0.717, 1.165) is 34.0 Å². The number of nitrogens with zero attached hydrogens (tertiary/aromatic N) is 3. The summed E-state index contributed by atoms with van der Waals surface area (Å²) in [5.41, 5.74) is 1.95. The molecule has 26 heavy (non-hydrogen) atoms. The molecular formula is C17H22N4O4S. The fraction of sp³-hybridized carbons (Fsp3) is 0.412. The van der Waals surface area contributed by atoms with Crippen molar-refractivity contribution in [2.45, 2.75) is 56.0 Å². The van der Waals surface area contributed by atoms with Crippen molar-refractivity contribution in [1.82, 2.24) is 15.1 Å². The fourth-order valence-electron chi connectivity index (χ4n) is 2.67. The number of aromatic nitrogens is 2. The maximum atomic E-state index is 11.0. The molecule has 0 fully saturated rings. The van der Waals surface area contributed by atoms with Gasteiger partial charge in [-0.25, -0.2) is 4.79 Å². The number of aryl methyl sites for hydroxylation is 1. The van der Waals surface area contributed by atoms with Gasteiger partial charge in [0.05, 0.1) is 27.8 Å². The van der Waals surface area contributed by atoms with Crippen molar-refractivity contribution in [3.8, 4) is 0 Å². The Labute approximate surface area is 155 Å². The van der Waals surface area contributed by atoms with Gasteiger partial charge in [0, 0.05) is 23.1 Å². The second kappa shape index (κ2) is 8.70. The minimum atomic E-state index is -1.07. The van der Waals surface area contributed by atoms with E-state index in [4.69, 9.17) is 5.11 Å². The maximum Gasteiger partial charge on any atom is 0.404 e. The number of carboxylic acid groups (broad SMARTS) is 1. The van der Waals surface area contributed by atoms with Crippen molar-refractivity contribution < 1.29 is 14.8 Å². The van der Waals surface area contributed by atoms with Crippen LogP contribution in [0.5, 0.6) is 0 Å². The third-order valence-electron chi connectivity index (χ3n) is 3.81. The van der Waals surface area contributed by atoms with E-state index < -0.39 is 11.0 Å². The van der Waals surface area contributed by atoms with Crippen LogP contribution in [0.15, 0.2) is 34.1 Å². The van der Waals surface area contributed by atoms with Crippen LogP contribution >= 0.6 is 11.8 Å². The lowest BCUT2D eigenvalue weighted by Crippen LogP contribution is -2.35. The Bertz CT molecular complexity index is 806. The van der Waals surface area contributed by atoms with E-state index in [9.17, 15) is 14.9 Å². The van der Waals surface area contributed by atoms with Crippen LogP contribution in [0.2, 0.25) is 0 Å². The first-order valence-corrected chi connectivity index (χ1v) is 9.17. The molecule has 1 aromatic carbocycles. The van der Waals surface area contributed by atoms with Crippen molar-refractivity contribution in [2.75, 3.05) is 0 Å². The van der Waals surface area contributed by atoms with Crippen LogP contribution in [0, 0.1) is 10.1 Å². The smallest absolute Gasteiger partial charge is 0.404 e. The second-order valence-corrected chi connectivity index (χ2v) is 6.90. The highest BCUT2D eigenvalue weighted by atomic mass is 32.2. The highest BCUT2D eigenvalue weighted by molar-refractivity contribution is 7.99. The van der Waals surface area contributed by atoms with Crippen LogP contribution in [-0.2, 0) is 19.4 Å². The van der Waals surface area contributed by atoms with Crippen LogP contribution in [0.1, 0.15) is 32.2 Å². The van der Waals surface area contributed by atoms with E-state index in [1.165, 1.54) is 17.8 Å². The molecule has 2 rings (SSSR count). The van der Waals surface area contributed by atoms with E-state index in [2.05, 4.69) is 10.4 Å². The number of nitro groups is 1. The highest BCUT2D eigenvalue weighted by Crippen LogP contribution is 2.35. The molecule has 0 bridgehead atoms. The highest BCUT2D eigenvalue weighted by Gasteiger charge is 2.19. The summed E-state index contributed by atoms with van der Waals surface area (Å²) >= 11 is 1.46. The lowest BCUT2D eigenvalue weighted by molar-refractivity contribution is -0.385. The van der Waals surface area contributed by atoms with Gasteiger partial charge in [-0.2, -0.15) is 5.10 Å². The summed E-state index contributed by atoms with van der Waals surface area (Å²) in [6, 6.07) is 6.24. The van der Waals surface area contributed by atoms with Crippen molar-refractivity contribution >= 4 is 23.5 Å². The van der Waals surface area contributed by atoms with Gasteiger partial charge in [0.15, 0.2) is 0 Å². The minimum absolute atomic E-state index is 0.0535.